The van der Waals surface area contributed by atoms with Crippen molar-refractivity contribution in [3.05, 3.63) is 30.5 Å². The maximum atomic E-state index is 11.2. The summed E-state index contributed by atoms with van der Waals surface area (Å²) in [6.45, 7) is 2.54. The monoisotopic (exact) mass is 248 g/mol. The number of carbonyl (C=O) groups is 1. The quantitative estimate of drug-likeness (QED) is 0.843. The number of carboxylic acid groups (broad SMARTS) is 1. The first-order valence-corrected chi connectivity index (χ1v) is 5.84. The van der Waals surface area contributed by atoms with Crippen LogP contribution < -0.4 is 10.5 Å². The summed E-state index contributed by atoms with van der Waals surface area (Å²) < 4.78 is 7.18. The fraction of sp³-hybridized carbons (Fsp3) is 0.308. The van der Waals surface area contributed by atoms with Gasteiger partial charge in [0.05, 0.1) is 12.1 Å². The van der Waals surface area contributed by atoms with Crippen molar-refractivity contribution < 1.29 is 14.6 Å². The molecule has 2 rings (SSSR count). The van der Waals surface area contributed by atoms with Crippen LogP contribution in [-0.4, -0.2) is 28.8 Å². The zero-order valence-corrected chi connectivity index (χ0v) is 10.2. The van der Waals surface area contributed by atoms with E-state index >= 15 is 0 Å². The number of fused-ring (bicyclic) bond motifs is 1. The van der Waals surface area contributed by atoms with Gasteiger partial charge in [-0.25, -0.2) is 4.79 Å². The average Bonchev–Trinajstić information content (AvgIpc) is 2.75. The second kappa shape index (κ2) is 5.10. The second-order valence-electron chi connectivity index (χ2n) is 3.93. The first-order valence-electron chi connectivity index (χ1n) is 5.84. The maximum Gasteiger partial charge on any atom is 0.328 e. The zero-order chi connectivity index (χ0) is 13.1. The predicted molar refractivity (Wildman–Crippen MR) is 68.8 cm³/mol. The molecule has 1 aromatic heterocycles. The fourth-order valence-corrected chi connectivity index (χ4v) is 2.05. The molecule has 96 valence electrons. The van der Waals surface area contributed by atoms with Crippen LogP contribution in [0.25, 0.3) is 10.9 Å². The van der Waals surface area contributed by atoms with Crippen molar-refractivity contribution in [2.75, 3.05) is 13.2 Å². The van der Waals surface area contributed by atoms with E-state index in [1.807, 2.05) is 31.2 Å². The SMILES string of the molecule is CCOc1cccc2c1ccn2C(CN)C(=O)O. The third-order valence-electron chi connectivity index (χ3n) is 2.87. The maximum absolute atomic E-state index is 11.2. The molecule has 0 amide bonds. The fourth-order valence-electron chi connectivity index (χ4n) is 2.05. The van der Waals surface area contributed by atoms with Gasteiger partial charge in [-0.05, 0) is 25.1 Å². The summed E-state index contributed by atoms with van der Waals surface area (Å²) in [6, 6.07) is 6.68. The van der Waals surface area contributed by atoms with Crippen molar-refractivity contribution in [2.45, 2.75) is 13.0 Å². The van der Waals surface area contributed by atoms with Crippen molar-refractivity contribution in [1.82, 2.24) is 4.57 Å². The lowest BCUT2D eigenvalue weighted by Crippen LogP contribution is -2.26. The van der Waals surface area contributed by atoms with Gasteiger partial charge < -0.3 is 20.1 Å². The first-order chi connectivity index (χ1) is 8.69. The van der Waals surface area contributed by atoms with E-state index in [-0.39, 0.29) is 6.54 Å². The van der Waals surface area contributed by atoms with Gasteiger partial charge in [-0.15, -0.1) is 0 Å². The Balaban J connectivity index is 2.54. The number of hydrogen-bond acceptors (Lipinski definition) is 3. The Morgan fingerprint density at radius 3 is 2.89 bits per heavy atom. The molecule has 2 aromatic rings. The molecule has 0 aliphatic rings. The lowest BCUT2D eigenvalue weighted by atomic mass is 10.2. The Morgan fingerprint density at radius 1 is 1.50 bits per heavy atom. The van der Waals surface area contributed by atoms with E-state index in [2.05, 4.69) is 0 Å². The average molecular weight is 248 g/mol. The Kier molecular flexibility index (Phi) is 3.53. The number of ether oxygens (including phenoxy) is 1. The molecule has 0 aliphatic carbocycles. The van der Waals surface area contributed by atoms with Gasteiger partial charge in [-0.3, -0.25) is 0 Å². The molecule has 0 fully saturated rings. The van der Waals surface area contributed by atoms with Gasteiger partial charge in [0.1, 0.15) is 11.8 Å². The van der Waals surface area contributed by atoms with E-state index in [1.54, 1.807) is 10.8 Å². The number of benzene rings is 1. The van der Waals surface area contributed by atoms with Crippen LogP contribution in [0.1, 0.15) is 13.0 Å². The van der Waals surface area contributed by atoms with Crippen molar-refractivity contribution >= 4 is 16.9 Å². The molecule has 18 heavy (non-hydrogen) atoms. The van der Waals surface area contributed by atoms with Gasteiger partial charge in [-0.1, -0.05) is 6.07 Å². The lowest BCUT2D eigenvalue weighted by Gasteiger charge is -2.14. The summed E-state index contributed by atoms with van der Waals surface area (Å²) in [4.78, 5) is 11.2. The summed E-state index contributed by atoms with van der Waals surface area (Å²) in [6.07, 6.45) is 1.73. The predicted octanol–water partition coefficient (Wildman–Crippen LogP) is 1.62. The highest BCUT2D eigenvalue weighted by atomic mass is 16.5. The Hall–Kier alpha value is -2.01. The van der Waals surface area contributed by atoms with Gasteiger partial charge >= 0.3 is 5.97 Å². The third-order valence-corrected chi connectivity index (χ3v) is 2.87. The van der Waals surface area contributed by atoms with Gasteiger partial charge in [0, 0.05) is 18.1 Å². The molecule has 0 aliphatic heterocycles. The minimum absolute atomic E-state index is 0.0535. The molecule has 0 saturated heterocycles. The highest BCUT2D eigenvalue weighted by Crippen LogP contribution is 2.28. The van der Waals surface area contributed by atoms with Crippen LogP contribution in [0.4, 0.5) is 0 Å². The Bertz CT molecular complexity index is 562. The highest BCUT2D eigenvalue weighted by molar-refractivity contribution is 5.88. The smallest absolute Gasteiger partial charge is 0.328 e. The second-order valence-corrected chi connectivity index (χ2v) is 3.93. The van der Waals surface area contributed by atoms with Gasteiger partial charge in [0.2, 0.25) is 0 Å². The standard InChI is InChI=1S/C13H16N2O3/c1-2-18-12-5-3-4-10-9(12)6-7-15(10)11(8-14)13(16)17/h3-7,11H,2,8,14H2,1H3,(H,16,17). The van der Waals surface area contributed by atoms with Crippen molar-refractivity contribution in [1.29, 1.82) is 0 Å². The molecule has 1 heterocycles. The molecule has 1 aromatic carbocycles. The summed E-state index contributed by atoms with van der Waals surface area (Å²) >= 11 is 0. The molecule has 1 unspecified atom stereocenters. The number of aromatic nitrogens is 1. The third kappa shape index (κ3) is 2.04. The van der Waals surface area contributed by atoms with E-state index in [1.165, 1.54) is 0 Å². The van der Waals surface area contributed by atoms with Crippen LogP contribution in [0.2, 0.25) is 0 Å². The first kappa shape index (κ1) is 12.4. The van der Waals surface area contributed by atoms with Gasteiger partial charge in [0.25, 0.3) is 0 Å². The highest BCUT2D eigenvalue weighted by Gasteiger charge is 2.19. The van der Waals surface area contributed by atoms with Crippen LogP contribution in [0.5, 0.6) is 5.75 Å². The van der Waals surface area contributed by atoms with Crippen LogP contribution in [0.15, 0.2) is 30.5 Å². The number of nitrogens with two attached hydrogens (primary N) is 1. The number of carboxylic acids is 1. The normalized spacial score (nSPS) is 12.6. The molecule has 1 atom stereocenters. The summed E-state index contributed by atoms with van der Waals surface area (Å²) in [5.41, 5.74) is 6.34. The van der Waals surface area contributed by atoms with E-state index in [0.717, 1.165) is 16.7 Å². The molecule has 5 nitrogen and oxygen atoms in total. The number of rotatable bonds is 5. The van der Waals surface area contributed by atoms with E-state index < -0.39 is 12.0 Å². The number of nitrogens with zero attached hydrogens (tertiary/aromatic N) is 1. The van der Waals surface area contributed by atoms with E-state index in [0.29, 0.717) is 6.61 Å². The molecule has 0 bridgehead atoms. The van der Waals surface area contributed by atoms with Crippen LogP contribution >= 0.6 is 0 Å². The van der Waals surface area contributed by atoms with E-state index in [9.17, 15) is 4.79 Å². The summed E-state index contributed by atoms with van der Waals surface area (Å²) in [5, 5.41) is 10.0. The largest absolute Gasteiger partial charge is 0.493 e. The number of aliphatic carboxylic acids is 1. The van der Waals surface area contributed by atoms with Crippen LogP contribution in [-0.2, 0) is 4.79 Å². The molecular formula is C13H16N2O3. The topological polar surface area (TPSA) is 77.5 Å². The molecule has 5 heteroatoms. The lowest BCUT2D eigenvalue weighted by molar-refractivity contribution is -0.140. The van der Waals surface area contributed by atoms with E-state index in [4.69, 9.17) is 15.6 Å². The minimum atomic E-state index is -0.934. The summed E-state index contributed by atoms with van der Waals surface area (Å²) in [5.74, 6) is -0.174. The zero-order valence-electron chi connectivity index (χ0n) is 10.2. The minimum Gasteiger partial charge on any atom is -0.493 e. The molecule has 0 radical (unpaired) electrons. The van der Waals surface area contributed by atoms with Crippen LogP contribution in [0, 0.1) is 0 Å². The van der Waals surface area contributed by atoms with Crippen molar-refractivity contribution in [3.8, 4) is 5.75 Å². The number of hydrogen-bond donors (Lipinski definition) is 2. The van der Waals surface area contributed by atoms with Crippen LogP contribution in [0.3, 0.4) is 0 Å². The Labute approximate surface area is 105 Å². The molecule has 3 N–H and O–H groups in total. The Morgan fingerprint density at radius 2 is 2.28 bits per heavy atom. The molecular weight excluding hydrogens is 232 g/mol. The van der Waals surface area contributed by atoms with Gasteiger partial charge in [0.15, 0.2) is 0 Å². The molecule has 0 saturated carbocycles. The molecule has 0 spiro atoms. The van der Waals surface area contributed by atoms with Crippen molar-refractivity contribution in [3.63, 3.8) is 0 Å². The summed E-state index contributed by atoms with van der Waals surface area (Å²) in [7, 11) is 0. The van der Waals surface area contributed by atoms with Gasteiger partial charge in [-0.2, -0.15) is 0 Å². The van der Waals surface area contributed by atoms with Crippen molar-refractivity contribution in [2.24, 2.45) is 5.73 Å².